The van der Waals surface area contributed by atoms with Crippen LogP contribution in [-0.2, 0) is 6.42 Å². The van der Waals surface area contributed by atoms with Crippen molar-refractivity contribution in [2.24, 2.45) is 0 Å². The van der Waals surface area contributed by atoms with E-state index < -0.39 is 0 Å². The summed E-state index contributed by atoms with van der Waals surface area (Å²) in [6.45, 7) is 4.28. The van der Waals surface area contributed by atoms with Crippen molar-refractivity contribution in [2.45, 2.75) is 33.1 Å². The van der Waals surface area contributed by atoms with E-state index in [1.165, 1.54) is 50.2 Å². The lowest BCUT2D eigenvalue weighted by molar-refractivity contribution is 0.813. The van der Waals surface area contributed by atoms with Gasteiger partial charge in [0.2, 0.25) is 0 Å². The molecule has 152 valence electrons. The topological polar surface area (TPSA) is 12.9 Å². The molecule has 1 aromatic heterocycles. The highest BCUT2D eigenvalue weighted by Crippen LogP contribution is 2.39. The van der Waals surface area contributed by atoms with Crippen molar-refractivity contribution in [2.75, 3.05) is 0 Å². The van der Waals surface area contributed by atoms with E-state index >= 15 is 0 Å². The second kappa shape index (κ2) is 8.35. The minimum atomic E-state index is 1.05. The van der Waals surface area contributed by atoms with Gasteiger partial charge in [-0.3, -0.25) is 0 Å². The zero-order chi connectivity index (χ0) is 21.2. The third kappa shape index (κ3) is 4.09. The molecule has 0 atom stereocenters. The third-order valence-corrected chi connectivity index (χ3v) is 6.15. The molecule has 31 heavy (non-hydrogen) atoms. The van der Waals surface area contributed by atoms with E-state index in [4.69, 9.17) is 4.98 Å². The fourth-order valence-corrected chi connectivity index (χ4v) is 4.42. The fourth-order valence-electron chi connectivity index (χ4n) is 4.42. The van der Waals surface area contributed by atoms with Gasteiger partial charge in [0.05, 0.1) is 11.4 Å². The van der Waals surface area contributed by atoms with E-state index in [-0.39, 0.29) is 0 Å². The maximum Gasteiger partial charge on any atom is 0.0715 e. The Hall–Kier alpha value is -3.45. The predicted molar refractivity (Wildman–Crippen MR) is 132 cm³/mol. The first-order valence-corrected chi connectivity index (χ1v) is 11.1. The van der Waals surface area contributed by atoms with E-state index in [9.17, 15) is 0 Å². The summed E-state index contributed by atoms with van der Waals surface area (Å²) >= 11 is 0. The maximum atomic E-state index is 5.21. The Balaban J connectivity index is 1.71. The van der Waals surface area contributed by atoms with E-state index in [1.807, 2.05) is 0 Å². The van der Waals surface area contributed by atoms with Gasteiger partial charge >= 0.3 is 0 Å². The first-order chi connectivity index (χ1) is 15.2. The van der Waals surface area contributed by atoms with Gasteiger partial charge in [-0.2, -0.15) is 0 Å². The Bertz CT molecular complexity index is 1230. The van der Waals surface area contributed by atoms with Gasteiger partial charge in [-0.25, -0.2) is 4.98 Å². The highest BCUT2D eigenvalue weighted by molar-refractivity contribution is 5.87. The maximum absolute atomic E-state index is 5.21. The first-order valence-electron chi connectivity index (χ1n) is 11.1. The number of benzene rings is 3. The molecule has 1 heterocycles. The molecule has 0 bridgehead atoms. The quantitative estimate of drug-likeness (QED) is 0.340. The molecular formula is C30H27N. The fraction of sp³-hybridized carbons (Fsp3) is 0.167. The number of pyridine rings is 1. The number of hydrogen-bond donors (Lipinski definition) is 0. The number of aromatic nitrogens is 1. The molecule has 0 aliphatic heterocycles. The second-order valence-electron chi connectivity index (χ2n) is 8.55. The van der Waals surface area contributed by atoms with Crippen molar-refractivity contribution in [1.82, 2.24) is 4.98 Å². The molecule has 1 nitrogen and oxygen atoms in total. The van der Waals surface area contributed by atoms with Crippen molar-refractivity contribution in [3.8, 4) is 22.4 Å². The molecule has 0 saturated carbocycles. The van der Waals surface area contributed by atoms with Crippen molar-refractivity contribution in [3.63, 3.8) is 0 Å². The molecule has 1 aliphatic rings. The number of fused-ring (bicyclic) bond motifs is 1. The van der Waals surface area contributed by atoms with Crippen LogP contribution >= 0.6 is 0 Å². The minimum Gasteiger partial charge on any atom is -0.248 e. The monoisotopic (exact) mass is 401 g/mol. The number of rotatable bonds is 3. The molecule has 0 spiro atoms. The van der Waals surface area contributed by atoms with Crippen LogP contribution in [0.2, 0.25) is 0 Å². The molecule has 0 saturated heterocycles. The summed E-state index contributed by atoms with van der Waals surface area (Å²) in [5.74, 6) is 0. The molecule has 0 unspecified atom stereocenters. The highest BCUT2D eigenvalue weighted by atomic mass is 14.7. The lowest BCUT2D eigenvalue weighted by atomic mass is 9.84. The average molecular weight is 402 g/mol. The van der Waals surface area contributed by atoms with Crippen molar-refractivity contribution in [3.05, 3.63) is 113 Å². The smallest absolute Gasteiger partial charge is 0.0715 e. The lowest BCUT2D eigenvalue weighted by Crippen LogP contribution is -2.08. The van der Waals surface area contributed by atoms with E-state index in [0.29, 0.717) is 0 Å². The van der Waals surface area contributed by atoms with Crippen LogP contribution in [0, 0.1) is 13.8 Å². The van der Waals surface area contributed by atoms with Gasteiger partial charge in [0.1, 0.15) is 0 Å². The van der Waals surface area contributed by atoms with Gasteiger partial charge in [-0.05, 0) is 73.1 Å². The van der Waals surface area contributed by atoms with Crippen LogP contribution in [0.3, 0.4) is 0 Å². The molecule has 1 heteroatoms. The summed E-state index contributed by atoms with van der Waals surface area (Å²) in [7, 11) is 0. The second-order valence-corrected chi connectivity index (χ2v) is 8.55. The Morgan fingerprint density at radius 2 is 1.39 bits per heavy atom. The normalized spacial score (nSPS) is 14.5. The van der Waals surface area contributed by atoms with Crippen molar-refractivity contribution in [1.29, 1.82) is 0 Å². The zero-order valence-electron chi connectivity index (χ0n) is 18.2. The van der Waals surface area contributed by atoms with E-state index in [0.717, 1.165) is 25.0 Å². The van der Waals surface area contributed by atoms with E-state index in [2.05, 4.69) is 105 Å². The van der Waals surface area contributed by atoms with Gasteiger partial charge in [-0.1, -0.05) is 90.0 Å². The Labute approximate surface area is 185 Å². The largest absolute Gasteiger partial charge is 0.248 e. The first kappa shape index (κ1) is 19.5. The van der Waals surface area contributed by atoms with E-state index in [1.54, 1.807) is 0 Å². The summed E-state index contributed by atoms with van der Waals surface area (Å²) in [4.78, 5) is 5.21. The molecular weight excluding hydrogens is 374 g/mol. The summed E-state index contributed by atoms with van der Waals surface area (Å²) in [5.41, 5.74) is 12.5. The standard InChI is InChI=1S/C30H27N/c1-21-11-15-23(16-12-21)19-26-9-6-10-27-28(24-17-13-22(2)14-18-24)20-29(31-30(26)27)25-7-4-3-5-8-25/h3-5,7-8,11-20H,6,9-10H2,1-2H3/b26-19+. The number of allylic oxidation sites excluding steroid dienone is 1. The number of hydrogen-bond acceptors (Lipinski definition) is 1. The minimum absolute atomic E-state index is 1.05. The molecule has 4 aromatic rings. The highest BCUT2D eigenvalue weighted by Gasteiger charge is 2.21. The molecule has 1 aliphatic carbocycles. The van der Waals surface area contributed by atoms with Crippen LogP contribution in [0.5, 0.6) is 0 Å². The van der Waals surface area contributed by atoms with Crippen molar-refractivity contribution >= 4 is 11.6 Å². The molecule has 5 rings (SSSR count). The van der Waals surface area contributed by atoms with Gasteiger partial charge in [0.15, 0.2) is 0 Å². The van der Waals surface area contributed by atoms with Crippen LogP contribution < -0.4 is 0 Å². The van der Waals surface area contributed by atoms with Gasteiger partial charge in [0, 0.05) is 5.56 Å². The van der Waals surface area contributed by atoms with Gasteiger partial charge in [0.25, 0.3) is 0 Å². The summed E-state index contributed by atoms with van der Waals surface area (Å²) in [5, 5.41) is 0. The number of nitrogens with zero attached hydrogens (tertiary/aromatic N) is 1. The van der Waals surface area contributed by atoms with Crippen LogP contribution in [0.15, 0.2) is 84.9 Å². The number of aryl methyl sites for hydroxylation is 2. The Morgan fingerprint density at radius 3 is 2.10 bits per heavy atom. The van der Waals surface area contributed by atoms with Crippen LogP contribution in [0.25, 0.3) is 34.0 Å². The zero-order valence-corrected chi connectivity index (χ0v) is 18.2. The predicted octanol–water partition coefficient (Wildman–Crippen LogP) is 7.91. The molecule has 3 aromatic carbocycles. The molecule has 0 amide bonds. The SMILES string of the molecule is Cc1ccc(/C=C2\CCCc3c(-c4ccc(C)cc4)cc(-c4ccccc4)nc32)cc1. The van der Waals surface area contributed by atoms with Crippen LogP contribution in [0.1, 0.15) is 40.8 Å². The summed E-state index contributed by atoms with van der Waals surface area (Å²) < 4.78 is 0. The molecule has 0 N–H and O–H groups in total. The molecule has 0 fully saturated rings. The summed E-state index contributed by atoms with van der Waals surface area (Å²) in [6, 6.07) is 30.5. The van der Waals surface area contributed by atoms with Crippen LogP contribution in [0.4, 0.5) is 0 Å². The van der Waals surface area contributed by atoms with Gasteiger partial charge in [-0.15, -0.1) is 0 Å². The lowest BCUT2D eigenvalue weighted by Gasteiger charge is -2.23. The molecule has 0 radical (unpaired) electrons. The Morgan fingerprint density at radius 1 is 0.710 bits per heavy atom. The van der Waals surface area contributed by atoms with Crippen LogP contribution in [-0.4, -0.2) is 4.98 Å². The Kier molecular flexibility index (Phi) is 5.26. The summed E-state index contributed by atoms with van der Waals surface area (Å²) in [6.07, 6.45) is 5.64. The average Bonchev–Trinajstić information content (AvgIpc) is 2.81. The third-order valence-electron chi connectivity index (χ3n) is 6.15. The van der Waals surface area contributed by atoms with Gasteiger partial charge < -0.3 is 0 Å². The van der Waals surface area contributed by atoms with Crippen molar-refractivity contribution < 1.29 is 0 Å².